The molecule has 138 valence electrons. The summed E-state index contributed by atoms with van der Waals surface area (Å²) in [5, 5.41) is 3.07. The van der Waals surface area contributed by atoms with Crippen LogP contribution in [0.1, 0.15) is 43.9 Å². The van der Waals surface area contributed by atoms with Gasteiger partial charge >= 0.3 is 0 Å². The van der Waals surface area contributed by atoms with E-state index in [-0.39, 0.29) is 29.8 Å². The number of hydrogen-bond acceptors (Lipinski definition) is 3. The Morgan fingerprint density at radius 1 is 1.31 bits per heavy atom. The van der Waals surface area contributed by atoms with E-state index in [1.54, 1.807) is 25.3 Å². The topological polar surface area (TPSA) is 47.6 Å². The van der Waals surface area contributed by atoms with E-state index in [1.807, 2.05) is 32.0 Å². The molecule has 0 saturated carbocycles. The van der Waals surface area contributed by atoms with Gasteiger partial charge in [-0.05, 0) is 50.1 Å². The lowest BCUT2D eigenvalue weighted by atomic mass is 9.89. The molecule has 0 spiro atoms. The zero-order chi connectivity index (χ0) is 18.7. The van der Waals surface area contributed by atoms with Crippen LogP contribution in [0.3, 0.4) is 0 Å². The van der Waals surface area contributed by atoms with Crippen LogP contribution in [-0.2, 0) is 11.2 Å². The third-order valence-electron chi connectivity index (χ3n) is 4.59. The Morgan fingerprint density at radius 3 is 2.81 bits per heavy atom. The van der Waals surface area contributed by atoms with Crippen LogP contribution in [0.25, 0.3) is 0 Å². The summed E-state index contributed by atoms with van der Waals surface area (Å²) in [6.07, 6.45) is 1.26. The number of benzene rings is 2. The first-order valence-corrected chi connectivity index (χ1v) is 8.78. The van der Waals surface area contributed by atoms with Gasteiger partial charge in [0.05, 0.1) is 13.2 Å². The van der Waals surface area contributed by atoms with Crippen LogP contribution in [0.4, 0.5) is 4.39 Å². The van der Waals surface area contributed by atoms with E-state index in [0.717, 1.165) is 17.1 Å². The number of methoxy groups -OCH3 is 1. The van der Waals surface area contributed by atoms with E-state index in [4.69, 9.17) is 9.47 Å². The summed E-state index contributed by atoms with van der Waals surface area (Å²) in [5.74, 6) is 1.09. The Hall–Kier alpha value is -2.56. The number of rotatable bonds is 5. The number of hydrogen-bond donors (Lipinski definition) is 1. The molecule has 0 saturated heterocycles. The van der Waals surface area contributed by atoms with Crippen molar-refractivity contribution in [1.29, 1.82) is 0 Å². The van der Waals surface area contributed by atoms with Crippen LogP contribution in [0, 0.1) is 5.82 Å². The molecular weight excluding hydrogens is 333 g/mol. The van der Waals surface area contributed by atoms with Gasteiger partial charge in [0.1, 0.15) is 22.9 Å². The number of nitrogens with one attached hydrogen (secondary N) is 1. The average molecular weight is 357 g/mol. The maximum atomic E-state index is 13.7. The fraction of sp³-hybridized carbons (Fsp3) is 0.381. The molecule has 2 aromatic carbocycles. The second-order valence-electron chi connectivity index (χ2n) is 7.18. The Balaban J connectivity index is 1.72. The molecule has 26 heavy (non-hydrogen) atoms. The highest BCUT2D eigenvalue weighted by atomic mass is 19.1. The quantitative estimate of drug-likeness (QED) is 0.873. The third-order valence-corrected chi connectivity index (χ3v) is 4.59. The first-order valence-electron chi connectivity index (χ1n) is 8.78. The normalized spacial score (nSPS) is 17.8. The lowest BCUT2D eigenvalue weighted by molar-refractivity contribution is -0.122. The van der Waals surface area contributed by atoms with Crippen molar-refractivity contribution in [3.63, 3.8) is 0 Å². The number of fused-ring (bicyclic) bond motifs is 1. The van der Waals surface area contributed by atoms with Gasteiger partial charge in [-0.25, -0.2) is 4.39 Å². The molecule has 0 aromatic heterocycles. The standard InChI is InChI=1S/C21H24FNO3/c1-21(2)13-18(16-12-15(25-3)9-10-19(16)26-21)23-20(24)11-8-14-6-4-5-7-17(14)22/h4-7,9-10,12,18H,8,11,13H2,1-3H3,(H,23,24)/t18-/m0/s1. The molecule has 1 aliphatic heterocycles. The molecule has 1 amide bonds. The van der Waals surface area contributed by atoms with Gasteiger partial charge in [0.15, 0.2) is 0 Å². The molecule has 0 fully saturated rings. The van der Waals surface area contributed by atoms with Crippen molar-refractivity contribution in [3.05, 3.63) is 59.4 Å². The fourth-order valence-corrected chi connectivity index (χ4v) is 3.30. The maximum absolute atomic E-state index is 13.7. The summed E-state index contributed by atoms with van der Waals surface area (Å²) < 4.78 is 25.0. The molecule has 0 radical (unpaired) electrons. The van der Waals surface area contributed by atoms with Crippen molar-refractivity contribution in [2.45, 2.75) is 44.8 Å². The van der Waals surface area contributed by atoms with Crippen LogP contribution in [0.5, 0.6) is 11.5 Å². The van der Waals surface area contributed by atoms with Crippen molar-refractivity contribution in [1.82, 2.24) is 5.32 Å². The van der Waals surface area contributed by atoms with Crippen molar-refractivity contribution in [3.8, 4) is 11.5 Å². The van der Waals surface area contributed by atoms with E-state index in [0.29, 0.717) is 18.4 Å². The predicted molar refractivity (Wildman–Crippen MR) is 97.9 cm³/mol. The Kier molecular flexibility index (Phi) is 5.16. The zero-order valence-corrected chi connectivity index (χ0v) is 15.3. The minimum atomic E-state index is -0.384. The van der Waals surface area contributed by atoms with Crippen LogP contribution >= 0.6 is 0 Å². The van der Waals surface area contributed by atoms with Gasteiger partial charge < -0.3 is 14.8 Å². The molecule has 0 bridgehead atoms. The van der Waals surface area contributed by atoms with Crippen molar-refractivity contribution in [2.24, 2.45) is 0 Å². The Labute approximate surface area is 153 Å². The van der Waals surface area contributed by atoms with Gasteiger partial charge in [0, 0.05) is 18.4 Å². The van der Waals surface area contributed by atoms with Gasteiger partial charge in [-0.3, -0.25) is 4.79 Å². The van der Waals surface area contributed by atoms with E-state index in [1.165, 1.54) is 6.07 Å². The van der Waals surface area contributed by atoms with E-state index < -0.39 is 0 Å². The summed E-state index contributed by atoms with van der Waals surface area (Å²) in [5.41, 5.74) is 1.07. The van der Waals surface area contributed by atoms with Crippen molar-refractivity contribution >= 4 is 5.91 Å². The fourth-order valence-electron chi connectivity index (χ4n) is 3.30. The first-order chi connectivity index (χ1) is 12.4. The van der Waals surface area contributed by atoms with Crippen molar-refractivity contribution < 1.29 is 18.7 Å². The third kappa shape index (κ3) is 4.15. The van der Waals surface area contributed by atoms with Gasteiger partial charge in [0.25, 0.3) is 0 Å². The predicted octanol–water partition coefficient (Wildman–Crippen LogP) is 4.19. The first kappa shape index (κ1) is 18.2. The van der Waals surface area contributed by atoms with Gasteiger partial charge in [-0.2, -0.15) is 0 Å². The summed E-state index contributed by atoms with van der Waals surface area (Å²) >= 11 is 0. The molecule has 0 aliphatic carbocycles. The largest absolute Gasteiger partial charge is 0.497 e. The molecule has 3 rings (SSSR count). The van der Waals surface area contributed by atoms with Crippen LogP contribution in [0.2, 0.25) is 0 Å². The molecule has 4 nitrogen and oxygen atoms in total. The molecule has 1 aliphatic rings. The summed E-state index contributed by atoms with van der Waals surface area (Å²) in [6.45, 7) is 4.00. The van der Waals surface area contributed by atoms with Crippen LogP contribution in [-0.4, -0.2) is 18.6 Å². The minimum absolute atomic E-state index is 0.107. The lowest BCUT2D eigenvalue weighted by Gasteiger charge is -2.38. The molecule has 1 atom stereocenters. The molecule has 2 aromatic rings. The number of carbonyl (C=O) groups excluding carboxylic acids is 1. The monoisotopic (exact) mass is 357 g/mol. The van der Waals surface area contributed by atoms with Gasteiger partial charge in [-0.15, -0.1) is 0 Å². The smallest absolute Gasteiger partial charge is 0.220 e. The molecule has 1 heterocycles. The molecule has 1 N–H and O–H groups in total. The van der Waals surface area contributed by atoms with Crippen LogP contribution < -0.4 is 14.8 Å². The zero-order valence-electron chi connectivity index (χ0n) is 15.3. The average Bonchev–Trinajstić information content (AvgIpc) is 2.60. The second-order valence-corrected chi connectivity index (χ2v) is 7.18. The highest BCUT2D eigenvalue weighted by molar-refractivity contribution is 5.77. The SMILES string of the molecule is COc1ccc2c(c1)[C@@H](NC(=O)CCc1ccccc1F)CC(C)(C)O2. The molecule has 0 unspecified atom stereocenters. The lowest BCUT2D eigenvalue weighted by Crippen LogP contribution is -2.41. The van der Waals surface area contributed by atoms with Crippen molar-refractivity contribution in [2.75, 3.05) is 7.11 Å². The second kappa shape index (κ2) is 7.36. The molecule has 5 heteroatoms. The van der Waals surface area contributed by atoms with Gasteiger partial charge in [-0.1, -0.05) is 18.2 Å². The highest BCUT2D eigenvalue weighted by Crippen LogP contribution is 2.41. The number of amides is 1. The number of carbonyl (C=O) groups is 1. The number of aryl methyl sites for hydroxylation is 1. The summed E-state index contributed by atoms with van der Waals surface area (Å²) in [4.78, 5) is 12.5. The van der Waals surface area contributed by atoms with E-state index in [2.05, 4.69) is 5.32 Å². The maximum Gasteiger partial charge on any atom is 0.220 e. The number of ether oxygens (including phenoxy) is 2. The Morgan fingerprint density at radius 2 is 2.08 bits per heavy atom. The van der Waals surface area contributed by atoms with Crippen LogP contribution in [0.15, 0.2) is 42.5 Å². The minimum Gasteiger partial charge on any atom is -0.497 e. The van der Waals surface area contributed by atoms with E-state index >= 15 is 0 Å². The number of halogens is 1. The highest BCUT2D eigenvalue weighted by Gasteiger charge is 2.34. The molecular formula is C21H24FNO3. The van der Waals surface area contributed by atoms with E-state index in [9.17, 15) is 9.18 Å². The van der Waals surface area contributed by atoms with Gasteiger partial charge in [0.2, 0.25) is 5.91 Å². The summed E-state index contributed by atoms with van der Waals surface area (Å²) in [7, 11) is 1.61. The summed E-state index contributed by atoms with van der Waals surface area (Å²) in [6, 6.07) is 12.0. The Bertz CT molecular complexity index is 804.